The van der Waals surface area contributed by atoms with Crippen LogP contribution in [0, 0.1) is 6.92 Å². The fourth-order valence-corrected chi connectivity index (χ4v) is 2.70. The van der Waals surface area contributed by atoms with Crippen LogP contribution < -0.4 is 0 Å². The van der Waals surface area contributed by atoms with E-state index in [1.165, 1.54) is 11.3 Å². The van der Waals surface area contributed by atoms with Crippen molar-refractivity contribution in [2.75, 3.05) is 19.7 Å². The fraction of sp³-hybridized carbons (Fsp3) is 0.667. The number of likely N-dealkylation sites (tertiary alicyclic amines) is 1. The standard InChI is InChI=1S/C12H18N2O2S/c1-3-16-10-5-4-6-14(7-10)12(15)11-8-17-9(2)13-11/h8,10H,3-7H2,1-2H3. The summed E-state index contributed by atoms with van der Waals surface area (Å²) in [7, 11) is 0. The molecule has 1 fully saturated rings. The first-order valence-corrected chi connectivity index (χ1v) is 6.91. The number of hydrogen-bond acceptors (Lipinski definition) is 4. The lowest BCUT2D eigenvalue weighted by atomic mass is 10.1. The quantitative estimate of drug-likeness (QED) is 0.829. The molecule has 5 heteroatoms. The SMILES string of the molecule is CCOC1CCCN(C(=O)c2csc(C)n2)C1. The molecule has 2 heterocycles. The first-order valence-electron chi connectivity index (χ1n) is 6.03. The zero-order chi connectivity index (χ0) is 12.3. The van der Waals surface area contributed by atoms with Crippen LogP contribution in [-0.4, -0.2) is 41.6 Å². The highest BCUT2D eigenvalue weighted by Crippen LogP contribution is 2.17. The molecule has 0 spiro atoms. The Morgan fingerprint density at radius 1 is 1.71 bits per heavy atom. The number of ether oxygens (including phenoxy) is 1. The van der Waals surface area contributed by atoms with E-state index in [4.69, 9.17) is 4.74 Å². The van der Waals surface area contributed by atoms with Gasteiger partial charge in [0, 0.05) is 25.1 Å². The summed E-state index contributed by atoms with van der Waals surface area (Å²) in [6.45, 7) is 6.13. The number of rotatable bonds is 3. The van der Waals surface area contributed by atoms with Crippen LogP contribution in [0.4, 0.5) is 0 Å². The summed E-state index contributed by atoms with van der Waals surface area (Å²) in [6.07, 6.45) is 2.25. The Morgan fingerprint density at radius 2 is 2.53 bits per heavy atom. The molecule has 4 nitrogen and oxygen atoms in total. The van der Waals surface area contributed by atoms with E-state index in [0.717, 1.165) is 24.4 Å². The lowest BCUT2D eigenvalue weighted by Gasteiger charge is -2.32. The van der Waals surface area contributed by atoms with Crippen LogP contribution >= 0.6 is 11.3 Å². The molecule has 0 saturated carbocycles. The predicted octanol–water partition coefficient (Wildman–Crippen LogP) is 2.09. The smallest absolute Gasteiger partial charge is 0.273 e. The highest BCUT2D eigenvalue weighted by atomic mass is 32.1. The minimum Gasteiger partial charge on any atom is -0.377 e. The second-order valence-electron chi connectivity index (χ2n) is 4.22. The van der Waals surface area contributed by atoms with Gasteiger partial charge in [0.25, 0.3) is 5.91 Å². The van der Waals surface area contributed by atoms with Gasteiger partial charge in [-0.2, -0.15) is 0 Å². The van der Waals surface area contributed by atoms with Gasteiger partial charge in [-0.25, -0.2) is 4.98 Å². The molecule has 2 rings (SSSR count). The summed E-state index contributed by atoms with van der Waals surface area (Å²) >= 11 is 1.52. The van der Waals surface area contributed by atoms with Gasteiger partial charge in [0.2, 0.25) is 0 Å². The molecule has 1 aromatic heterocycles. The van der Waals surface area contributed by atoms with Crippen LogP contribution in [-0.2, 0) is 4.74 Å². The minimum absolute atomic E-state index is 0.0405. The van der Waals surface area contributed by atoms with Gasteiger partial charge in [0.05, 0.1) is 11.1 Å². The van der Waals surface area contributed by atoms with Gasteiger partial charge in [0.1, 0.15) is 5.69 Å². The van der Waals surface area contributed by atoms with Crippen molar-refractivity contribution < 1.29 is 9.53 Å². The summed E-state index contributed by atoms with van der Waals surface area (Å²) in [6, 6.07) is 0. The van der Waals surface area contributed by atoms with E-state index < -0.39 is 0 Å². The maximum Gasteiger partial charge on any atom is 0.273 e. The van der Waals surface area contributed by atoms with Gasteiger partial charge < -0.3 is 9.64 Å². The first-order chi connectivity index (χ1) is 8.20. The molecule has 1 unspecified atom stereocenters. The fourth-order valence-electron chi connectivity index (χ4n) is 2.12. The van der Waals surface area contributed by atoms with Crippen molar-refractivity contribution in [3.63, 3.8) is 0 Å². The monoisotopic (exact) mass is 254 g/mol. The minimum atomic E-state index is 0.0405. The molecule has 0 N–H and O–H groups in total. The normalized spacial score (nSPS) is 20.6. The summed E-state index contributed by atoms with van der Waals surface area (Å²) in [4.78, 5) is 18.3. The maximum atomic E-state index is 12.2. The van der Waals surface area contributed by atoms with E-state index in [1.54, 1.807) is 0 Å². The Balaban J connectivity index is 1.99. The van der Waals surface area contributed by atoms with E-state index in [9.17, 15) is 4.79 Å². The third kappa shape index (κ3) is 3.04. The number of carbonyl (C=O) groups excluding carboxylic acids is 1. The number of hydrogen-bond donors (Lipinski definition) is 0. The van der Waals surface area contributed by atoms with Gasteiger partial charge in [-0.3, -0.25) is 4.79 Å². The van der Waals surface area contributed by atoms with Crippen molar-refractivity contribution in [3.05, 3.63) is 16.1 Å². The van der Waals surface area contributed by atoms with Crippen LogP contribution in [0.25, 0.3) is 0 Å². The third-order valence-electron chi connectivity index (χ3n) is 2.91. The zero-order valence-electron chi connectivity index (χ0n) is 10.3. The van der Waals surface area contributed by atoms with Crippen molar-refractivity contribution >= 4 is 17.2 Å². The third-order valence-corrected chi connectivity index (χ3v) is 3.68. The number of aryl methyl sites for hydroxylation is 1. The van der Waals surface area contributed by atoms with Crippen molar-refractivity contribution in [1.29, 1.82) is 0 Å². The summed E-state index contributed by atoms with van der Waals surface area (Å²) < 4.78 is 5.59. The number of amides is 1. The summed E-state index contributed by atoms with van der Waals surface area (Å²) in [5.74, 6) is 0.0405. The van der Waals surface area contributed by atoms with Crippen molar-refractivity contribution in [2.45, 2.75) is 32.8 Å². The molecule has 0 bridgehead atoms. The number of aromatic nitrogens is 1. The van der Waals surface area contributed by atoms with Crippen LogP contribution in [0.1, 0.15) is 35.3 Å². The molecule has 0 aliphatic carbocycles. The van der Waals surface area contributed by atoms with E-state index in [0.29, 0.717) is 18.8 Å². The number of piperidine rings is 1. The predicted molar refractivity (Wildman–Crippen MR) is 67.4 cm³/mol. The number of nitrogens with zero attached hydrogens (tertiary/aromatic N) is 2. The topological polar surface area (TPSA) is 42.4 Å². The van der Waals surface area contributed by atoms with Crippen molar-refractivity contribution in [2.24, 2.45) is 0 Å². The van der Waals surface area contributed by atoms with Crippen molar-refractivity contribution in [1.82, 2.24) is 9.88 Å². The molecule has 1 amide bonds. The lowest BCUT2D eigenvalue weighted by Crippen LogP contribution is -2.43. The Kier molecular flexibility index (Phi) is 4.12. The Bertz CT molecular complexity index is 390. The van der Waals surface area contributed by atoms with Gasteiger partial charge in [-0.05, 0) is 26.7 Å². The van der Waals surface area contributed by atoms with Gasteiger partial charge in [0.15, 0.2) is 0 Å². The van der Waals surface area contributed by atoms with Crippen LogP contribution in [0.3, 0.4) is 0 Å². The largest absolute Gasteiger partial charge is 0.377 e. The molecule has 1 aromatic rings. The van der Waals surface area contributed by atoms with Gasteiger partial charge in [-0.1, -0.05) is 0 Å². The average molecular weight is 254 g/mol. The first kappa shape index (κ1) is 12.5. The molecule has 1 atom stereocenters. The highest BCUT2D eigenvalue weighted by Gasteiger charge is 2.25. The van der Waals surface area contributed by atoms with Gasteiger partial charge in [-0.15, -0.1) is 11.3 Å². The van der Waals surface area contributed by atoms with E-state index in [2.05, 4.69) is 4.98 Å². The van der Waals surface area contributed by atoms with Crippen LogP contribution in [0.15, 0.2) is 5.38 Å². The zero-order valence-corrected chi connectivity index (χ0v) is 11.1. The molecule has 0 radical (unpaired) electrons. The van der Waals surface area contributed by atoms with E-state index in [1.807, 2.05) is 24.1 Å². The molecule has 1 saturated heterocycles. The van der Waals surface area contributed by atoms with E-state index in [-0.39, 0.29) is 12.0 Å². The Labute approximate surface area is 106 Å². The lowest BCUT2D eigenvalue weighted by molar-refractivity contribution is 0.00706. The number of carbonyl (C=O) groups is 1. The molecular formula is C12H18N2O2S. The number of thiazole rings is 1. The molecular weight excluding hydrogens is 236 g/mol. The molecule has 17 heavy (non-hydrogen) atoms. The second kappa shape index (κ2) is 5.60. The molecule has 1 aliphatic rings. The molecule has 94 valence electrons. The molecule has 1 aliphatic heterocycles. The second-order valence-corrected chi connectivity index (χ2v) is 5.28. The summed E-state index contributed by atoms with van der Waals surface area (Å²) in [5, 5.41) is 2.77. The van der Waals surface area contributed by atoms with Gasteiger partial charge >= 0.3 is 0 Å². The van der Waals surface area contributed by atoms with Crippen LogP contribution in [0.5, 0.6) is 0 Å². The van der Waals surface area contributed by atoms with Crippen LogP contribution in [0.2, 0.25) is 0 Å². The molecule has 0 aromatic carbocycles. The highest BCUT2D eigenvalue weighted by molar-refractivity contribution is 7.09. The Hall–Kier alpha value is -0.940. The Morgan fingerprint density at radius 3 is 3.18 bits per heavy atom. The van der Waals surface area contributed by atoms with Crippen molar-refractivity contribution in [3.8, 4) is 0 Å². The van der Waals surface area contributed by atoms with E-state index >= 15 is 0 Å². The average Bonchev–Trinajstić information content (AvgIpc) is 2.76. The summed E-state index contributed by atoms with van der Waals surface area (Å²) in [5.41, 5.74) is 0.574. The maximum absolute atomic E-state index is 12.2.